The molecule has 1 aliphatic rings. The molecule has 8 heteroatoms. The van der Waals surface area contributed by atoms with Gasteiger partial charge in [0.25, 0.3) is 0 Å². The molecule has 0 unspecified atom stereocenters. The van der Waals surface area contributed by atoms with E-state index in [1.807, 2.05) is 49.8 Å². The summed E-state index contributed by atoms with van der Waals surface area (Å²) in [6.45, 7) is 10.9. The van der Waals surface area contributed by atoms with Crippen LogP contribution in [0.15, 0.2) is 28.9 Å². The van der Waals surface area contributed by atoms with Crippen molar-refractivity contribution in [1.82, 2.24) is 24.8 Å². The highest BCUT2D eigenvalue weighted by molar-refractivity contribution is 5.83. The number of benzene rings is 1. The SMILES string of the molecule is CC(C)n1ncc2ccc(-c3noc([C@@H]4CCN(C(=O)OC(C)(C)C)C4)n3)cc21. The van der Waals surface area contributed by atoms with Crippen LogP contribution in [0.4, 0.5) is 4.79 Å². The molecule has 0 radical (unpaired) electrons. The third-order valence-corrected chi connectivity index (χ3v) is 4.98. The summed E-state index contributed by atoms with van der Waals surface area (Å²) in [5.41, 5.74) is 1.42. The van der Waals surface area contributed by atoms with Crippen LogP contribution in [0.25, 0.3) is 22.3 Å². The topological polar surface area (TPSA) is 86.3 Å². The van der Waals surface area contributed by atoms with Crippen LogP contribution >= 0.6 is 0 Å². The summed E-state index contributed by atoms with van der Waals surface area (Å²) >= 11 is 0. The minimum absolute atomic E-state index is 0.0219. The van der Waals surface area contributed by atoms with Crippen LogP contribution in [-0.2, 0) is 4.74 Å². The summed E-state index contributed by atoms with van der Waals surface area (Å²) < 4.78 is 13.0. The van der Waals surface area contributed by atoms with Gasteiger partial charge in [-0.15, -0.1) is 0 Å². The predicted octanol–water partition coefficient (Wildman–Crippen LogP) is 4.39. The minimum atomic E-state index is -0.506. The fourth-order valence-corrected chi connectivity index (χ4v) is 3.56. The molecule has 3 aromatic rings. The number of amides is 1. The van der Waals surface area contributed by atoms with E-state index in [0.717, 1.165) is 22.9 Å². The monoisotopic (exact) mass is 397 g/mol. The van der Waals surface area contributed by atoms with Crippen molar-refractivity contribution < 1.29 is 14.1 Å². The number of ether oxygens (including phenoxy) is 1. The molecule has 0 spiro atoms. The fourth-order valence-electron chi connectivity index (χ4n) is 3.56. The Morgan fingerprint density at radius 1 is 1.31 bits per heavy atom. The van der Waals surface area contributed by atoms with Gasteiger partial charge in [-0.2, -0.15) is 10.1 Å². The Morgan fingerprint density at radius 3 is 2.83 bits per heavy atom. The highest BCUT2D eigenvalue weighted by Gasteiger charge is 2.33. The van der Waals surface area contributed by atoms with Crippen LogP contribution in [0.2, 0.25) is 0 Å². The van der Waals surface area contributed by atoms with Crippen LogP contribution in [0, 0.1) is 0 Å². The van der Waals surface area contributed by atoms with Crippen LogP contribution in [-0.4, -0.2) is 49.6 Å². The number of fused-ring (bicyclic) bond motifs is 1. The number of carbonyl (C=O) groups is 1. The summed E-state index contributed by atoms with van der Waals surface area (Å²) in [5.74, 6) is 1.13. The van der Waals surface area contributed by atoms with E-state index in [4.69, 9.17) is 9.26 Å². The average molecular weight is 397 g/mol. The second kappa shape index (κ2) is 7.17. The number of aromatic nitrogens is 4. The molecule has 4 rings (SSSR count). The maximum atomic E-state index is 12.3. The maximum absolute atomic E-state index is 12.3. The molecule has 1 aliphatic heterocycles. The second-order valence-electron chi connectivity index (χ2n) is 8.82. The standard InChI is InChI=1S/C21H27N5O3/c1-13(2)26-17-10-14(6-7-15(17)11-22-26)18-23-19(29-24-18)16-8-9-25(12-16)20(27)28-21(3,4)5/h6-7,10-11,13,16H,8-9,12H2,1-5H3/t16-/m1/s1. The number of hydrogen-bond donors (Lipinski definition) is 0. The lowest BCUT2D eigenvalue weighted by atomic mass is 10.1. The van der Waals surface area contributed by atoms with E-state index in [-0.39, 0.29) is 18.1 Å². The van der Waals surface area contributed by atoms with Gasteiger partial charge in [-0.05, 0) is 47.1 Å². The Bertz CT molecular complexity index is 1030. The molecule has 0 N–H and O–H groups in total. The van der Waals surface area contributed by atoms with Crippen molar-refractivity contribution in [3.63, 3.8) is 0 Å². The van der Waals surface area contributed by atoms with Gasteiger partial charge in [0.1, 0.15) is 5.60 Å². The van der Waals surface area contributed by atoms with E-state index in [9.17, 15) is 4.79 Å². The Kier molecular flexibility index (Phi) is 4.80. The minimum Gasteiger partial charge on any atom is -0.444 e. The summed E-state index contributed by atoms with van der Waals surface area (Å²) in [7, 11) is 0. The van der Waals surface area contributed by atoms with Gasteiger partial charge >= 0.3 is 6.09 Å². The Balaban J connectivity index is 1.51. The Labute approximate surface area is 169 Å². The molecule has 1 atom stereocenters. The molecule has 2 aromatic heterocycles. The molecule has 1 aromatic carbocycles. The summed E-state index contributed by atoms with van der Waals surface area (Å²) in [4.78, 5) is 18.6. The molecular formula is C21H27N5O3. The summed E-state index contributed by atoms with van der Waals surface area (Å²) in [5, 5.41) is 9.71. The third kappa shape index (κ3) is 3.97. The van der Waals surface area contributed by atoms with Crippen LogP contribution in [0.5, 0.6) is 0 Å². The zero-order valence-electron chi connectivity index (χ0n) is 17.5. The zero-order valence-corrected chi connectivity index (χ0v) is 17.5. The van der Waals surface area contributed by atoms with Crippen molar-refractivity contribution in [3.05, 3.63) is 30.3 Å². The second-order valence-corrected chi connectivity index (χ2v) is 8.82. The molecule has 0 aliphatic carbocycles. The maximum Gasteiger partial charge on any atom is 0.410 e. The van der Waals surface area contributed by atoms with Crippen molar-refractivity contribution in [2.24, 2.45) is 0 Å². The predicted molar refractivity (Wildman–Crippen MR) is 109 cm³/mol. The molecule has 29 heavy (non-hydrogen) atoms. The van der Waals surface area contributed by atoms with Gasteiger partial charge in [0, 0.05) is 30.1 Å². The van der Waals surface area contributed by atoms with Gasteiger partial charge in [0.2, 0.25) is 11.7 Å². The molecule has 0 bridgehead atoms. The first-order chi connectivity index (χ1) is 13.7. The van der Waals surface area contributed by atoms with Gasteiger partial charge in [0.05, 0.1) is 17.6 Å². The van der Waals surface area contributed by atoms with Crippen LogP contribution in [0.3, 0.4) is 0 Å². The number of rotatable bonds is 3. The summed E-state index contributed by atoms with van der Waals surface area (Å²) in [6, 6.07) is 6.30. The lowest BCUT2D eigenvalue weighted by Gasteiger charge is -2.24. The van der Waals surface area contributed by atoms with E-state index >= 15 is 0 Å². The molecule has 0 saturated carbocycles. The molecule has 1 fully saturated rings. The quantitative estimate of drug-likeness (QED) is 0.651. The number of nitrogens with zero attached hydrogens (tertiary/aromatic N) is 5. The van der Waals surface area contributed by atoms with E-state index in [1.165, 1.54) is 0 Å². The lowest BCUT2D eigenvalue weighted by Crippen LogP contribution is -2.35. The van der Waals surface area contributed by atoms with E-state index in [2.05, 4.69) is 29.1 Å². The first-order valence-electron chi connectivity index (χ1n) is 10.0. The molecule has 1 saturated heterocycles. The highest BCUT2D eigenvalue weighted by atomic mass is 16.6. The van der Waals surface area contributed by atoms with Crippen molar-refractivity contribution in [3.8, 4) is 11.4 Å². The molecule has 8 nitrogen and oxygen atoms in total. The van der Waals surface area contributed by atoms with Crippen LogP contribution in [0.1, 0.15) is 58.9 Å². The van der Waals surface area contributed by atoms with Gasteiger partial charge in [-0.3, -0.25) is 4.68 Å². The first-order valence-corrected chi connectivity index (χ1v) is 10.0. The number of carbonyl (C=O) groups excluding carboxylic acids is 1. The van der Waals surface area contributed by atoms with Gasteiger partial charge in [0.15, 0.2) is 0 Å². The first kappa shape index (κ1) is 19.4. The van der Waals surface area contributed by atoms with E-state index in [1.54, 1.807) is 4.90 Å². The number of hydrogen-bond acceptors (Lipinski definition) is 6. The van der Waals surface area contributed by atoms with Crippen molar-refractivity contribution in [2.75, 3.05) is 13.1 Å². The largest absolute Gasteiger partial charge is 0.444 e. The smallest absolute Gasteiger partial charge is 0.410 e. The lowest BCUT2D eigenvalue weighted by molar-refractivity contribution is 0.0291. The van der Waals surface area contributed by atoms with Crippen molar-refractivity contribution in [2.45, 2.75) is 58.6 Å². The van der Waals surface area contributed by atoms with Crippen molar-refractivity contribution in [1.29, 1.82) is 0 Å². The van der Waals surface area contributed by atoms with Crippen molar-refractivity contribution >= 4 is 17.0 Å². The fraction of sp³-hybridized carbons (Fsp3) is 0.524. The summed E-state index contributed by atoms with van der Waals surface area (Å²) in [6.07, 6.45) is 2.34. The van der Waals surface area contributed by atoms with E-state index < -0.39 is 5.60 Å². The zero-order chi connectivity index (χ0) is 20.8. The Morgan fingerprint density at radius 2 is 2.10 bits per heavy atom. The molecule has 154 valence electrons. The highest BCUT2D eigenvalue weighted by Crippen LogP contribution is 2.30. The molecular weight excluding hydrogens is 370 g/mol. The van der Waals surface area contributed by atoms with Gasteiger partial charge in [-0.1, -0.05) is 17.3 Å². The van der Waals surface area contributed by atoms with Crippen LogP contribution < -0.4 is 0 Å². The molecule has 1 amide bonds. The Hall–Kier alpha value is -2.90. The van der Waals surface area contributed by atoms with Gasteiger partial charge < -0.3 is 14.2 Å². The molecule has 3 heterocycles. The third-order valence-electron chi connectivity index (χ3n) is 4.98. The average Bonchev–Trinajstić information content (AvgIpc) is 3.37. The number of likely N-dealkylation sites (tertiary alicyclic amines) is 1. The van der Waals surface area contributed by atoms with E-state index in [0.29, 0.717) is 24.8 Å². The van der Waals surface area contributed by atoms with Gasteiger partial charge in [-0.25, -0.2) is 4.79 Å². The normalized spacial score (nSPS) is 17.4.